The normalized spacial score (nSPS) is 12.7. The number of halogens is 2. The molecule has 0 fully saturated rings. The second kappa shape index (κ2) is 6.96. The average molecular weight is 389 g/mol. The van der Waals surface area contributed by atoms with Crippen LogP contribution >= 0.6 is 23.2 Å². The van der Waals surface area contributed by atoms with Crippen LogP contribution < -0.4 is 5.32 Å². The molecule has 0 amide bonds. The molecule has 9 heteroatoms. The van der Waals surface area contributed by atoms with E-state index in [1.165, 1.54) is 12.1 Å². The van der Waals surface area contributed by atoms with Crippen molar-refractivity contribution in [1.29, 1.82) is 0 Å². The van der Waals surface area contributed by atoms with E-state index in [9.17, 15) is 18.5 Å². The van der Waals surface area contributed by atoms with E-state index in [0.29, 0.717) is 15.6 Å². The molecule has 2 aromatic rings. The van der Waals surface area contributed by atoms with Crippen molar-refractivity contribution in [3.8, 4) is 0 Å². The third-order valence-electron chi connectivity index (χ3n) is 3.40. The lowest BCUT2D eigenvalue weighted by Crippen LogP contribution is -2.09. The molecule has 128 valence electrons. The van der Waals surface area contributed by atoms with Crippen molar-refractivity contribution < 1.29 is 13.3 Å². The number of hydrogen-bond donors (Lipinski definition) is 1. The molecule has 2 aromatic carbocycles. The first-order valence-electron chi connectivity index (χ1n) is 6.79. The molecular weight excluding hydrogens is 375 g/mol. The van der Waals surface area contributed by atoms with Crippen LogP contribution in [0.15, 0.2) is 41.3 Å². The van der Waals surface area contributed by atoms with E-state index in [0.717, 1.165) is 12.3 Å². The summed E-state index contributed by atoms with van der Waals surface area (Å²) in [6.45, 7) is 1.78. The summed E-state index contributed by atoms with van der Waals surface area (Å²) in [5.74, 6) is 0. The van der Waals surface area contributed by atoms with Gasteiger partial charge in [0.25, 0.3) is 5.69 Å². The lowest BCUT2D eigenvalue weighted by molar-refractivity contribution is -0.384. The first-order valence-corrected chi connectivity index (χ1v) is 9.44. The highest BCUT2D eigenvalue weighted by molar-refractivity contribution is 7.90. The Balaban J connectivity index is 2.40. The number of benzene rings is 2. The van der Waals surface area contributed by atoms with E-state index in [1.54, 1.807) is 25.1 Å². The molecule has 0 aliphatic heterocycles. The van der Waals surface area contributed by atoms with Gasteiger partial charge in [-0.05, 0) is 36.8 Å². The number of anilines is 1. The quantitative estimate of drug-likeness (QED) is 0.602. The Morgan fingerprint density at radius 3 is 2.38 bits per heavy atom. The van der Waals surface area contributed by atoms with Crippen LogP contribution in [0.3, 0.4) is 0 Å². The summed E-state index contributed by atoms with van der Waals surface area (Å²) in [4.78, 5) is 10.5. The zero-order chi connectivity index (χ0) is 18.1. The minimum absolute atomic E-state index is 0.114. The maximum Gasteiger partial charge on any atom is 0.293 e. The molecule has 0 aliphatic rings. The summed E-state index contributed by atoms with van der Waals surface area (Å²) in [5, 5.41) is 15.2. The third-order valence-corrected chi connectivity index (χ3v) is 5.07. The minimum atomic E-state index is -3.54. The highest BCUT2D eigenvalue weighted by Crippen LogP contribution is 2.33. The molecule has 0 bridgehead atoms. The summed E-state index contributed by atoms with van der Waals surface area (Å²) in [7, 11) is -3.54. The van der Waals surface area contributed by atoms with Gasteiger partial charge in [0.15, 0.2) is 9.84 Å². The van der Waals surface area contributed by atoms with Crippen LogP contribution in [0.2, 0.25) is 10.0 Å². The highest BCUT2D eigenvalue weighted by atomic mass is 35.5. The van der Waals surface area contributed by atoms with Gasteiger partial charge in [-0.15, -0.1) is 0 Å². The van der Waals surface area contributed by atoms with Gasteiger partial charge in [0.2, 0.25) is 0 Å². The first-order chi connectivity index (χ1) is 11.1. The molecule has 1 N–H and O–H groups in total. The van der Waals surface area contributed by atoms with Crippen LogP contribution in [-0.4, -0.2) is 19.6 Å². The van der Waals surface area contributed by atoms with Crippen LogP contribution in [0.1, 0.15) is 18.5 Å². The number of nitro benzene ring substituents is 1. The Hall–Kier alpha value is -1.83. The van der Waals surface area contributed by atoms with E-state index >= 15 is 0 Å². The Morgan fingerprint density at radius 2 is 1.83 bits per heavy atom. The van der Waals surface area contributed by atoms with Crippen LogP contribution in [0.25, 0.3) is 0 Å². The molecule has 24 heavy (non-hydrogen) atoms. The van der Waals surface area contributed by atoms with Gasteiger partial charge in [0, 0.05) is 22.4 Å². The van der Waals surface area contributed by atoms with Gasteiger partial charge in [-0.25, -0.2) is 8.42 Å². The first kappa shape index (κ1) is 18.5. The van der Waals surface area contributed by atoms with E-state index in [4.69, 9.17) is 23.2 Å². The molecule has 2 rings (SSSR count). The zero-order valence-corrected chi connectivity index (χ0v) is 15.1. The second-order valence-electron chi connectivity index (χ2n) is 5.24. The Bertz CT molecular complexity index is 900. The van der Waals surface area contributed by atoms with Gasteiger partial charge >= 0.3 is 0 Å². The van der Waals surface area contributed by atoms with E-state index in [-0.39, 0.29) is 22.3 Å². The van der Waals surface area contributed by atoms with Gasteiger partial charge in [-0.2, -0.15) is 0 Å². The zero-order valence-electron chi connectivity index (χ0n) is 12.8. The van der Waals surface area contributed by atoms with Crippen molar-refractivity contribution >= 4 is 44.4 Å². The lowest BCUT2D eigenvalue weighted by Gasteiger charge is -2.17. The molecular formula is C15H14Cl2N2O4S. The maximum atomic E-state index is 11.6. The van der Waals surface area contributed by atoms with Crippen molar-refractivity contribution in [3.05, 3.63) is 62.1 Å². The summed E-state index contributed by atoms with van der Waals surface area (Å²) in [6, 6.07) is 8.35. The minimum Gasteiger partial charge on any atom is -0.373 e. The van der Waals surface area contributed by atoms with E-state index < -0.39 is 14.8 Å². The predicted octanol–water partition coefficient (Wildman–Crippen LogP) is 4.48. The number of nitro groups is 1. The van der Waals surface area contributed by atoms with Gasteiger partial charge in [0.1, 0.15) is 5.69 Å². The number of hydrogen-bond acceptors (Lipinski definition) is 5. The summed E-state index contributed by atoms with van der Waals surface area (Å²) in [5.41, 5.74) is 0.586. The van der Waals surface area contributed by atoms with Crippen LogP contribution in [0, 0.1) is 10.1 Å². The molecule has 0 aromatic heterocycles. The van der Waals surface area contributed by atoms with Crippen LogP contribution in [0.5, 0.6) is 0 Å². The third kappa shape index (κ3) is 4.17. The molecule has 0 saturated heterocycles. The fourth-order valence-electron chi connectivity index (χ4n) is 2.18. The van der Waals surface area contributed by atoms with Crippen molar-refractivity contribution in [2.24, 2.45) is 0 Å². The van der Waals surface area contributed by atoms with Crippen molar-refractivity contribution in [2.45, 2.75) is 17.9 Å². The SMILES string of the molecule is C[C@H](Nc1ccc(S(C)(=O)=O)cc1[N+](=O)[O-])c1ccc(Cl)cc1Cl. The summed E-state index contributed by atoms with van der Waals surface area (Å²) in [6.07, 6.45) is 0.995. The average Bonchev–Trinajstić information content (AvgIpc) is 2.45. The van der Waals surface area contributed by atoms with E-state index in [1.807, 2.05) is 0 Å². The Kier molecular flexibility index (Phi) is 5.37. The standard InChI is InChI=1S/C15H14Cl2N2O4S/c1-9(12-5-3-10(16)7-13(12)17)18-14-6-4-11(24(2,22)23)8-15(14)19(20)21/h3-9,18H,1-2H3/t9-/m0/s1. The monoisotopic (exact) mass is 388 g/mol. The predicted molar refractivity (Wildman–Crippen MR) is 94.7 cm³/mol. The maximum absolute atomic E-state index is 11.6. The van der Waals surface area contributed by atoms with Crippen molar-refractivity contribution in [1.82, 2.24) is 0 Å². The molecule has 0 saturated carbocycles. The van der Waals surface area contributed by atoms with Gasteiger partial charge < -0.3 is 5.32 Å². The fraction of sp³-hybridized carbons (Fsp3) is 0.200. The van der Waals surface area contributed by atoms with Crippen LogP contribution in [-0.2, 0) is 9.84 Å². The number of nitrogens with one attached hydrogen (secondary N) is 1. The molecule has 6 nitrogen and oxygen atoms in total. The van der Waals surface area contributed by atoms with Gasteiger partial charge in [-0.3, -0.25) is 10.1 Å². The fourth-order valence-corrected chi connectivity index (χ4v) is 3.39. The molecule has 0 unspecified atom stereocenters. The second-order valence-corrected chi connectivity index (χ2v) is 8.10. The van der Waals surface area contributed by atoms with Gasteiger partial charge in [0.05, 0.1) is 15.9 Å². The summed E-state index contributed by atoms with van der Waals surface area (Å²) < 4.78 is 23.1. The number of rotatable bonds is 5. The number of nitrogens with zero attached hydrogens (tertiary/aromatic N) is 1. The Morgan fingerprint density at radius 1 is 1.17 bits per heavy atom. The lowest BCUT2D eigenvalue weighted by atomic mass is 10.1. The van der Waals surface area contributed by atoms with Crippen LogP contribution in [0.4, 0.5) is 11.4 Å². The van der Waals surface area contributed by atoms with Crippen molar-refractivity contribution in [2.75, 3.05) is 11.6 Å². The van der Waals surface area contributed by atoms with Gasteiger partial charge in [-0.1, -0.05) is 29.3 Å². The Labute approximate surface area is 149 Å². The molecule has 0 radical (unpaired) electrons. The molecule has 0 aliphatic carbocycles. The molecule has 0 spiro atoms. The summed E-state index contributed by atoms with van der Waals surface area (Å²) >= 11 is 12.0. The molecule has 1 atom stereocenters. The number of sulfone groups is 1. The van der Waals surface area contributed by atoms with Crippen molar-refractivity contribution in [3.63, 3.8) is 0 Å². The molecule has 0 heterocycles. The van der Waals surface area contributed by atoms with E-state index in [2.05, 4.69) is 5.32 Å². The smallest absolute Gasteiger partial charge is 0.293 e. The highest BCUT2D eigenvalue weighted by Gasteiger charge is 2.20. The largest absolute Gasteiger partial charge is 0.373 e. The topological polar surface area (TPSA) is 89.3 Å².